The highest BCUT2D eigenvalue weighted by molar-refractivity contribution is 5.79. The molecule has 108 valence electrons. The minimum absolute atomic E-state index is 0.0310. The molecule has 4 heteroatoms. The molecule has 3 atom stereocenters. The fourth-order valence-electron chi connectivity index (χ4n) is 2.78. The first-order chi connectivity index (χ1) is 9.49. The summed E-state index contributed by atoms with van der Waals surface area (Å²) in [6.07, 6.45) is 0.434. The van der Waals surface area contributed by atoms with Gasteiger partial charge in [-0.25, -0.2) is 0 Å². The van der Waals surface area contributed by atoms with Gasteiger partial charge in [-0.2, -0.15) is 0 Å². The van der Waals surface area contributed by atoms with E-state index >= 15 is 0 Å². The van der Waals surface area contributed by atoms with Gasteiger partial charge >= 0.3 is 5.97 Å². The van der Waals surface area contributed by atoms with E-state index in [0.29, 0.717) is 19.5 Å². The molecule has 0 bridgehead atoms. The van der Waals surface area contributed by atoms with E-state index in [0.717, 1.165) is 5.56 Å². The third kappa shape index (κ3) is 3.18. The van der Waals surface area contributed by atoms with Crippen molar-refractivity contribution in [2.24, 2.45) is 11.8 Å². The predicted molar refractivity (Wildman–Crippen MR) is 76.3 cm³/mol. The first-order valence-electron chi connectivity index (χ1n) is 7.04. The number of carboxylic acid groups (broad SMARTS) is 1. The van der Waals surface area contributed by atoms with E-state index in [-0.39, 0.29) is 17.7 Å². The lowest BCUT2D eigenvalue weighted by Crippen LogP contribution is -2.30. The van der Waals surface area contributed by atoms with Crippen molar-refractivity contribution in [3.63, 3.8) is 0 Å². The van der Waals surface area contributed by atoms with Crippen LogP contribution in [0.5, 0.6) is 0 Å². The Kier molecular flexibility index (Phi) is 4.42. The summed E-state index contributed by atoms with van der Waals surface area (Å²) >= 11 is 0. The lowest BCUT2D eigenvalue weighted by atomic mass is 9.97. The van der Waals surface area contributed by atoms with E-state index < -0.39 is 11.9 Å². The second-order valence-corrected chi connectivity index (χ2v) is 5.74. The molecule has 1 N–H and O–H groups in total. The number of amides is 1. The minimum Gasteiger partial charge on any atom is -0.481 e. The van der Waals surface area contributed by atoms with Crippen molar-refractivity contribution < 1.29 is 14.7 Å². The van der Waals surface area contributed by atoms with Gasteiger partial charge in [0, 0.05) is 19.5 Å². The fourth-order valence-corrected chi connectivity index (χ4v) is 2.78. The monoisotopic (exact) mass is 275 g/mol. The van der Waals surface area contributed by atoms with Gasteiger partial charge in [-0.05, 0) is 17.4 Å². The average Bonchev–Trinajstić information content (AvgIpc) is 2.82. The summed E-state index contributed by atoms with van der Waals surface area (Å²) in [6, 6.07) is 9.93. The molecular weight excluding hydrogens is 254 g/mol. The van der Waals surface area contributed by atoms with E-state index in [9.17, 15) is 9.59 Å². The molecule has 0 aromatic heterocycles. The Morgan fingerprint density at radius 2 is 1.95 bits per heavy atom. The Morgan fingerprint density at radius 3 is 2.50 bits per heavy atom. The number of rotatable bonds is 4. The van der Waals surface area contributed by atoms with Gasteiger partial charge in [0.1, 0.15) is 0 Å². The van der Waals surface area contributed by atoms with E-state index in [4.69, 9.17) is 5.11 Å². The maximum atomic E-state index is 12.3. The fraction of sp³-hybridized carbons (Fsp3) is 0.500. The average molecular weight is 275 g/mol. The van der Waals surface area contributed by atoms with Crippen LogP contribution in [-0.2, 0) is 9.59 Å². The quantitative estimate of drug-likeness (QED) is 0.917. The maximum Gasteiger partial charge on any atom is 0.308 e. The van der Waals surface area contributed by atoms with Crippen LogP contribution in [0.3, 0.4) is 0 Å². The van der Waals surface area contributed by atoms with Crippen LogP contribution in [0.2, 0.25) is 0 Å². The number of nitrogens with zero attached hydrogens (tertiary/aromatic N) is 1. The van der Waals surface area contributed by atoms with E-state index in [1.807, 2.05) is 44.2 Å². The van der Waals surface area contributed by atoms with Gasteiger partial charge in [-0.15, -0.1) is 0 Å². The van der Waals surface area contributed by atoms with Crippen LogP contribution in [0, 0.1) is 11.8 Å². The normalized spacial score (nSPS) is 23.6. The standard InChI is InChI=1S/C16H21NO3/c1-11(13-6-4-3-5-7-13)8-15(18)17-9-12(2)14(10-17)16(19)20/h3-7,11-12,14H,8-10H2,1-2H3,(H,19,20)/t11?,12-,14-/m1/s1. The second kappa shape index (κ2) is 6.07. The van der Waals surface area contributed by atoms with Crippen LogP contribution >= 0.6 is 0 Å². The molecule has 1 aromatic rings. The summed E-state index contributed by atoms with van der Waals surface area (Å²) in [5, 5.41) is 9.11. The van der Waals surface area contributed by atoms with Gasteiger partial charge < -0.3 is 10.0 Å². The largest absolute Gasteiger partial charge is 0.481 e. The molecule has 1 unspecified atom stereocenters. The smallest absolute Gasteiger partial charge is 0.308 e. The van der Waals surface area contributed by atoms with E-state index in [1.165, 1.54) is 0 Å². The molecule has 1 aliphatic rings. The Morgan fingerprint density at radius 1 is 1.30 bits per heavy atom. The van der Waals surface area contributed by atoms with Crippen LogP contribution in [0.15, 0.2) is 30.3 Å². The van der Waals surface area contributed by atoms with Gasteiger partial charge in [-0.1, -0.05) is 44.2 Å². The molecule has 4 nitrogen and oxygen atoms in total. The van der Waals surface area contributed by atoms with Gasteiger partial charge in [0.15, 0.2) is 0 Å². The highest BCUT2D eigenvalue weighted by atomic mass is 16.4. The third-order valence-corrected chi connectivity index (χ3v) is 4.13. The minimum atomic E-state index is -0.802. The van der Waals surface area contributed by atoms with E-state index in [2.05, 4.69) is 0 Å². The van der Waals surface area contributed by atoms with Crippen molar-refractivity contribution in [1.82, 2.24) is 4.90 Å². The molecular formula is C16H21NO3. The molecule has 0 radical (unpaired) electrons. The van der Waals surface area contributed by atoms with Gasteiger partial charge in [0.05, 0.1) is 5.92 Å². The number of carboxylic acids is 1. The molecule has 2 rings (SSSR count). The second-order valence-electron chi connectivity index (χ2n) is 5.74. The molecule has 1 fully saturated rings. The number of carbonyl (C=O) groups is 2. The predicted octanol–water partition coefficient (Wildman–Crippen LogP) is 2.36. The lowest BCUT2D eigenvalue weighted by Gasteiger charge is -2.19. The molecule has 0 saturated carbocycles. The Labute approximate surface area is 119 Å². The molecule has 0 aliphatic carbocycles. The SMILES string of the molecule is CC(CC(=O)N1C[C@@H](C)[C@H](C(=O)O)C1)c1ccccc1. The van der Waals surface area contributed by atoms with Crippen molar-refractivity contribution in [3.8, 4) is 0 Å². The number of hydrogen-bond donors (Lipinski definition) is 1. The summed E-state index contributed by atoms with van der Waals surface area (Å²) in [4.78, 5) is 25.1. The first kappa shape index (κ1) is 14.6. The Hall–Kier alpha value is -1.84. The zero-order valence-corrected chi connectivity index (χ0v) is 12.0. The molecule has 20 heavy (non-hydrogen) atoms. The highest BCUT2D eigenvalue weighted by Crippen LogP contribution is 2.26. The topological polar surface area (TPSA) is 57.6 Å². The summed E-state index contributed by atoms with van der Waals surface area (Å²) in [6.45, 7) is 4.82. The lowest BCUT2D eigenvalue weighted by molar-refractivity contribution is -0.142. The first-order valence-corrected chi connectivity index (χ1v) is 7.04. The number of hydrogen-bond acceptors (Lipinski definition) is 2. The summed E-state index contributed by atoms with van der Waals surface area (Å²) in [5.74, 6) is -0.988. The molecule has 1 heterocycles. The molecule has 1 aromatic carbocycles. The van der Waals surface area contributed by atoms with Crippen molar-refractivity contribution in [3.05, 3.63) is 35.9 Å². The number of benzene rings is 1. The summed E-state index contributed by atoms with van der Waals surface area (Å²) in [7, 11) is 0. The number of aliphatic carboxylic acids is 1. The molecule has 0 spiro atoms. The van der Waals surface area contributed by atoms with Crippen LogP contribution in [-0.4, -0.2) is 35.0 Å². The summed E-state index contributed by atoms with van der Waals surface area (Å²) < 4.78 is 0. The molecule has 1 saturated heterocycles. The third-order valence-electron chi connectivity index (χ3n) is 4.13. The Balaban J connectivity index is 1.95. The van der Waals surface area contributed by atoms with Crippen molar-refractivity contribution >= 4 is 11.9 Å². The maximum absolute atomic E-state index is 12.3. The van der Waals surface area contributed by atoms with Crippen LogP contribution < -0.4 is 0 Å². The van der Waals surface area contributed by atoms with Crippen molar-refractivity contribution in [2.75, 3.05) is 13.1 Å². The highest BCUT2D eigenvalue weighted by Gasteiger charge is 2.36. The van der Waals surface area contributed by atoms with Crippen LogP contribution in [0.4, 0.5) is 0 Å². The Bertz CT molecular complexity index is 486. The van der Waals surface area contributed by atoms with E-state index in [1.54, 1.807) is 4.90 Å². The van der Waals surface area contributed by atoms with Gasteiger partial charge in [0.2, 0.25) is 5.91 Å². The zero-order chi connectivity index (χ0) is 14.7. The van der Waals surface area contributed by atoms with Gasteiger partial charge in [-0.3, -0.25) is 9.59 Å². The van der Waals surface area contributed by atoms with Crippen molar-refractivity contribution in [1.29, 1.82) is 0 Å². The van der Waals surface area contributed by atoms with Crippen LogP contribution in [0.25, 0.3) is 0 Å². The van der Waals surface area contributed by atoms with Crippen molar-refractivity contribution in [2.45, 2.75) is 26.2 Å². The summed E-state index contributed by atoms with van der Waals surface area (Å²) in [5.41, 5.74) is 1.14. The van der Waals surface area contributed by atoms with Crippen LogP contribution in [0.1, 0.15) is 31.7 Å². The van der Waals surface area contributed by atoms with Gasteiger partial charge in [0.25, 0.3) is 0 Å². The molecule has 1 amide bonds. The number of carbonyl (C=O) groups excluding carboxylic acids is 1. The molecule has 1 aliphatic heterocycles. The zero-order valence-electron chi connectivity index (χ0n) is 12.0. The number of likely N-dealkylation sites (tertiary alicyclic amines) is 1.